The van der Waals surface area contributed by atoms with Gasteiger partial charge >= 0.3 is 0 Å². The first-order valence-electron chi connectivity index (χ1n) is 5.27. The van der Waals surface area contributed by atoms with Crippen molar-refractivity contribution in [1.82, 2.24) is 0 Å². The number of aryl methyl sites for hydroxylation is 1. The van der Waals surface area contributed by atoms with E-state index in [4.69, 9.17) is 18.0 Å². The standard InChI is InChI=1S/C14H10N2S2/c1-9-2-4-10(5-3-9)12-6-11(8-17)18-14(16)13(12)7-15/h2-6H,16H2,1H3. The van der Waals surface area contributed by atoms with Crippen molar-refractivity contribution in [3.05, 3.63) is 57.0 Å². The summed E-state index contributed by atoms with van der Waals surface area (Å²) in [4.78, 5) is 0.761. The molecule has 0 aromatic heterocycles. The van der Waals surface area contributed by atoms with Crippen LogP contribution in [0.5, 0.6) is 0 Å². The van der Waals surface area contributed by atoms with Crippen molar-refractivity contribution < 1.29 is 0 Å². The Bertz CT molecular complexity index is 639. The molecule has 0 atom stereocenters. The fourth-order valence-corrected chi connectivity index (χ4v) is 2.56. The molecule has 0 saturated carbocycles. The minimum absolute atomic E-state index is 0.475. The number of allylic oxidation sites excluding steroid dienone is 3. The van der Waals surface area contributed by atoms with Gasteiger partial charge in [-0.15, -0.1) is 0 Å². The van der Waals surface area contributed by atoms with Crippen LogP contribution in [0.2, 0.25) is 0 Å². The van der Waals surface area contributed by atoms with Crippen molar-refractivity contribution in [3.8, 4) is 6.07 Å². The number of thioether (sulfide) groups is 1. The van der Waals surface area contributed by atoms with Gasteiger partial charge in [-0.1, -0.05) is 41.6 Å². The van der Waals surface area contributed by atoms with Gasteiger partial charge in [0.1, 0.15) is 6.07 Å². The van der Waals surface area contributed by atoms with Crippen molar-refractivity contribution in [2.24, 2.45) is 5.73 Å². The number of thiocarbonyl (C=S) groups is 1. The Hall–Kier alpha value is -1.79. The summed E-state index contributed by atoms with van der Waals surface area (Å²) in [6, 6.07) is 10.1. The van der Waals surface area contributed by atoms with E-state index in [-0.39, 0.29) is 0 Å². The highest BCUT2D eigenvalue weighted by molar-refractivity contribution is 8.07. The summed E-state index contributed by atoms with van der Waals surface area (Å²) < 4.78 is 0. The first-order chi connectivity index (χ1) is 8.65. The highest BCUT2D eigenvalue weighted by Gasteiger charge is 2.18. The summed E-state index contributed by atoms with van der Waals surface area (Å²) in [5.74, 6) is 0. The number of benzene rings is 1. The van der Waals surface area contributed by atoms with Crippen LogP contribution in [0.1, 0.15) is 11.1 Å². The van der Waals surface area contributed by atoms with Crippen LogP contribution >= 0.6 is 24.0 Å². The zero-order valence-electron chi connectivity index (χ0n) is 9.73. The van der Waals surface area contributed by atoms with E-state index in [9.17, 15) is 5.26 Å². The Kier molecular flexibility index (Phi) is 3.69. The van der Waals surface area contributed by atoms with Gasteiger partial charge in [0, 0.05) is 5.57 Å². The lowest BCUT2D eigenvalue weighted by molar-refractivity contribution is 1.41. The van der Waals surface area contributed by atoms with Crippen LogP contribution in [-0.2, 0) is 0 Å². The Morgan fingerprint density at radius 3 is 2.50 bits per heavy atom. The van der Waals surface area contributed by atoms with E-state index in [0.29, 0.717) is 10.6 Å². The third-order valence-electron chi connectivity index (χ3n) is 2.59. The second-order valence-electron chi connectivity index (χ2n) is 3.84. The SMILES string of the molecule is Cc1ccc(C2=CC(=C=S)SC(N)=C2C#N)cc1. The van der Waals surface area contributed by atoms with Gasteiger partial charge in [0.2, 0.25) is 0 Å². The smallest absolute Gasteiger partial charge is 0.103 e. The quantitative estimate of drug-likeness (QED) is 0.795. The van der Waals surface area contributed by atoms with Gasteiger partial charge in [0.25, 0.3) is 0 Å². The van der Waals surface area contributed by atoms with Gasteiger partial charge in [0.05, 0.1) is 15.5 Å². The van der Waals surface area contributed by atoms with Crippen molar-refractivity contribution in [2.75, 3.05) is 0 Å². The summed E-state index contributed by atoms with van der Waals surface area (Å²) >= 11 is 6.09. The Morgan fingerprint density at radius 2 is 1.94 bits per heavy atom. The molecular formula is C14H10N2S2. The fraction of sp³-hybridized carbons (Fsp3) is 0.0714. The molecule has 2 rings (SSSR count). The molecule has 1 aromatic carbocycles. The molecule has 1 aliphatic rings. The van der Waals surface area contributed by atoms with Crippen LogP contribution in [0, 0.1) is 18.3 Å². The van der Waals surface area contributed by atoms with Crippen molar-refractivity contribution >= 4 is 34.6 Å². The van der Waals surface area contributed by atoms with Crippen LogP contribution in [0.3, 0.4) is 0 Å². The summed E-state index contributed by atoms with van der Waals surface area (Å²) in [7, 11) is 0. The van der Waals surface area contributed by atoms with Gasteiger partial charge < -0.3 is 5.73 Å². The molecule has 0 bridgehead atoms. The summed E-state index contributed by atoms with van der Waals surface area (Å²) in [5.41, 5.74) is 9.32. The van der Waals surface area contributed by atoms with Crippen molar-refractivity contribution in [2.45, 2.75) is 6.92 Å². The Morgan fingerprint density at radius 1 is 1.28 bits per heavy atom. The van der Waals surface area contributed by atoms with Gasteiger partial charge in [-0.05, 0) is 35.8 Å². The predicted molar refractivity (Wildman–Crippen MR) is 79.7 cm³/mol. The van der Waals surface area contributed by atoms with Gasteiger partial charge in [-0.2, -0.15) is 5.26 Å². The molecule has 1 aromatic rings. The molecule has 88 valence electrons. The molecule has 0 spiro atoms. The Labute approximate surface area is 115 Å². The Balaban J connectivity index is 2.59. The summed E-state index contributed by atoms with van der Waals surface area (Å²) in [5, 5.41) is 12.3. The van der Waals surface area contributed by atoms with E-state index >= 15 is 0 Å². The topological polar surface area (TPSA) is 49.8 Å². The normalized spacial score (nSPS) is 14.9. The molecule has 0 radical (unpaired) electrons. The predicted octanol–water partition coefficient (Wildman–Crippen LogP) is 3.30. The first-order valence-corrected chi connectivity index (χ1v) is 6.50. The van der Waals surface area contributed by atoms with E-state index in [1.807, 2.05) is 37.3 Å². The van der Waals surface area contributed by atoms with Crippen molar-refractivity contribution in [1.29, 1.82) is 5.26 Å². The van der Waals surface area contributed by atoms with E-state index in [1.165, 1.54) is 17.3 Å². The lowest BCUT2D eigenvalue weighted by atomic mass is 9.97. The average molecular weight is 270 g/mol. The number of nitrogens with two attached hydrogens (primary N) is 1. The van der Waals surface area contributed by atoms with Gasteiger partial charge in [-0.3, -0.25) is 0 Å². The molecule has 0 fully saturated rings. The zero-order chi connectivity index (χ0) is 13.1. The average Bonchev–Trinajstić information content (AvgIpc) is 2.38. The van der Waals surface area contributed by atoms with Crippen LogP contribution in [-0.4, -0.2) is 5.02 Å². The first kappa shape index (κ1) is 12.7. The zero-order valence-corrected chi connectivity index (χ0v) is 11.4. The molecule has 4 heteroatoms. The number of rotatable bonds is 1. The maximum absolute atomic E-state index is 9.21. The highest BCUT2D eigenvalue weighted by atomic mass is 32.2. The van der Waals surface area contributed by atoms with E-state index in [0.717, 1.165) is 16.0 Å². The third kappa shape index (κ3) is 2.39. The number of hydrogen-bond acceptors (Lipinski definition) is 4. The van der Waals surface area contributed by atoms with Crippen LogP contribution in [0.4, 0.5) is 0 Å². The molecule has 0 unspecified atom stereocenters. The van der Waals surface area contributed by atoms with Gasteiger partial charge in [0.15, 0.2) is 0 Å². The fourth-order valence-electron chi connectivity index (χ4n) is 1.66. The third-order valence-corrected chi connectivity index (χ3v) is 3.80. The van der Waals surface area contributed by atoms with Crippen molar-refractivity contribution in [3.63, 3.8) is 0 Å². The minimum Gasteiger partial charge on any atom is -0.392 e. The molecule has 2 N–H and O–H groups in total. The molecule has 0 aliphatic carbocycles. The second kappa shape index (κ2) is 5.24. The molecule has 0 amide bonds. The van der Waals surface area contributed by atoms with Crippen LogP contribution in [0.15, 0.2) is 45.8 Å². The molecule has 1 heterocycles. The molecule has 1 aliphatic heterocycles. The number of nitriles is 1. The monoisotopic (exact) mass is 270 g/mol. The van der Waals surface area contributed by atoms with E-state index < -0.39 is 0 Å². The number of nitrogens with zero attached hydrogens (tertiary/aromatic N) is 1. The lowest BCUT2D eigenvalue weighted by Crippen LogP contribution is -2.04. The molecular weight excluding hydrogens is 260 g/mol. The maximum atomic E-state index is 9.21. The lowest BCUT2D eigenvalue weighted by Gasteiger charge is -2.15. The minimum atomic E-state index is 0.475. The molecule has 0 saturated heterocycles. The summed E-state index contributed by atoms with van der Waals surface area (Å²) in [6.45, 7) is 2.02. The van der Waals surface area contributed by atoms with Crippen LogP contribution < -0.4 is 5.73 Å². The highest BCUT2D eigenvalue weighted by Crippen LogP contribution is 2.37. The largest absolute Gasteiger partial charge is 0.392 e. The molecule has 2 nitrogen and oxygen atoms in total. The molecule has 18 heavy (non-hydrogen) atoms. The number of hydrogen-bond donors (Lipinski definition) is 1. The van der Waals surface area contributed by atoms with Gasteiger partial charge in [-0.25, -0.2) is 0 Å². The van der Waals surface area contributed by atoms with E-state index in [2.05, 4.69) is 11.1 Å². The van der Waals surface area contributed by atoms with Crippen LogP contribution in [0.25, 0.3) is 5.57 Å². The van der Waals surface area contributed by atoms with E-state index in [1.54, 1.807) is 0 Å². The maximum Gasteiger partial charge on any atom is 0.103 e. The summed E-state index contributed by atoms with van der Waals surface area (Å²) in [6.07, 6.45) is 1.86. The second-order valence-corrected chi connectivity index (χ2v) is 5.13.